The summed E-state index contributed by atoms with van der Waals surface area (Å²) in [5, 5.41) is 14.2. The van der Waals surface area contributed by atoms with Crippen LogP contribution in [0.15, 0.2) is 35.7 Å². The highest BCUT2D eigenvalue weighted by atomic mass is 32.1. The van der Waals surface area contributed by atoms with Gasteiger partial charge in [0.15, 0.2) is 5.54 Å². The Hall–Kier alpha value is -2.25. The minimum absolute atomic E-state index is 0.170. The number of nitrogens with two attached hydrogens (primary N) is 1. The lowest BCUT2D eigenvalue weighted by Crippen LogP contribution is -2.49. The minimum Gasteiger partial charge on any atom is -0.479 e. The van der Waals surface area contributed by atoms with Crippen LogP contribution in [0.4, 0.5) is 0 Å². The van der Waals surface area contributed by atoms with Crippen LogP contribution in [0.25, 0.3) is 0 Å². The molecule has 1 amide bonds. The van der Waals surface area contributed by atoms with Crippen molar-refractivity contribution in [3.63, 3.8) is 0 Å². The maximum Gasteiger partial charge on any atom is 0.333 e. The molecule has 0 aliphatic carbocycles. The Balaban J connectivity index is 2.28. The van der Waals surface area contributed by atoms with Gasteiger partial charge in [0.1, 0.15) is 10.7 Å². The zero-order chi connectivity index (χ0) is 15.5. The maximum absolute atomic E-state index is 12.2. The molecule has 2 rings (SSSR count). The predicted molar refractivity (Wildman–Crippen MR) is 78.9 cm³/mol. The van der Waals surface area contributed by atoms with Gasteiger partial charge >= 0.3 is 5.97 Å². The Labute approximate surface area is 125 Å². The maximum atomic E-state index is 12.2. The summed E-state index contributed by atoms with van der Waals surface area (Å²) in [7, 11) is 0. The van der Waals surface area contributed by atoms with Gasteiger partial charge in [-0.1, -0.05) is 30.3 Å². The van der Waals surface area contributed by atoms with Crippen molar-refractivity contribution < 1.29 is 14.7 Å². The van der Waals surface area contributed by atoms with Gasteiger partial charge in [0.2, 0.25) is 0 Å². The van der Waals surface area contributed by atoms with E-state index in [-0.39, 0.29) is 12.2 Å². The molecule has 4 N–H and O–H groups in total. The first-order valence-electron chi connectivity index (χ1n) is 6.23. The van der Waals surface area contributed by atoms with Crippen molar-refractivity contribution in [2.24, 2.45) is 5.73 Å². The topological polar surface area (TPSA) is 105 Å². The van der Waals surface area contributed by atoms with Crippen LogP contribution in [0.2, 0.25) is 0 Å². The Morgan fingerprint density at radius 2 is 2.05 bits per heavy atom. The first-order valence-corrected chi connectivity index (χ1v) is 7.11. The van der Waals surface area contributed by atoms with Crippen molar-refractivity contribution in [3.8, 4) is 0 Å². The summed E-state index contributed by atoms with van der Waals surface area (Å²) in [6.45, 7) is 1.69. The fourth-order valence-corrected chi connectivity index (χ4v) is 2.48. The van der Waals surface area contributed by atoms with E-state index >= 15 is 0 Å². The van der Waals surface area contributed by atoms with E-state index in [1.807, 2.05) is 0 Å². The fourth-order valence-electron chi connectivity index (χ4n) is 1.82. The van der Waals surface area contributed by atoms with Crippen molar-refractivity contribution in [3.05, 3.63) is 52.0 Å². The molecule has 110 valence electrons. The molecular weight excluding hydrogens is 290 g/mol. The lowest BCUT2D eigenvalue weighted by molar-refractivity contribution is -0.144. The van der Waals surface area contributed by atoms with E-state index in [1.165, 1.54) is 18.3 Å². The molecule has 6 nitrogen and oxygen atoms in total. The molecule has 2 aromatic rings. The zero-order valence-corrected chi connectivity index (χ0v) is 12.2. The number of aromatic nitrogens is 1. The van der Waals surface area contributed by atoms with E-state index in [1.54, 1.807) is 35.7 Å². The Morgan fingerprint density at radius 1 is 1.38 bits per heavy atom. The lowest BCUT2D eigenvalue weighted by Gasteiger charge is -2.26. The minimum atomic E-state index is -1.52. The highest BCUT2D eigenvalue weighted by Gasteiger charge is 2.37. The molecule has 0 saturated carbocycles. The zero-order valence-electron chi connectivity index (χ0n) is 11.4. The third-order valence-electron chi connectivity index (χ3n) is 3.10. The van der Waals surface area contributed by atoms with Gasteiger partial charge in [-0.3, -0.25) is 4.79 Å². The number of carboxylic acid groups (broad SMARTS) is 1. The molecule has 7 heteroatoms. The number of nitrogens with one attached hydrogen (secondary N) is 1. The number of carbonyl (C=O) groups excluding carboxylic acids is 1. The van der Waals surface area contributed by atoms with E-state index in [0.29, 0.717) is 10.6 Å². The van der Waals surface area contributed by atoms with Gasteiger partial charge in [-0.25, -0.2) is 9.78 Å². The number of hydrogen-bond donors (Lipinski definition) is 3. The SMILES string of the molecule is CC(NC(=O)c1csc(CN)n1)(C(=O)O)c1ccccc1. The summed E-state index contributed by atoms with van der Waals surface area (Å²) in [5.74, 6) is -1.68. The van der Waals surface area contributed by atoms with Gasteiger partial charge in [0.25, 0.3) is 5.91 Å². The summed E-state index contributed by atoms with van der Waals surface area (Å²) >= 11 is 1.26. The molecule has 1 aromatic carbocycles. The van der Waals surface area contributed by atoms with Crippen LogP contribution < -0.4 is 11.1 Å². The Morgan fingerprint density at radius 3 is 2.57 bits per heavy atom. The molecule has 1 heterocycles. The summed E-state index contributed by atoms with van der Waals surface area (Å²) in [6, 6.07) is 8.53. The number of carbonyl (C=O) groups is 2. The molecule has 0 fully saturated rings. The monoisotopic (exact) mass is 305 g/mol. The number of aliphatic carboxylic acids is 1. The highest BCUT2D eigenvalue weighted by molar-refractivity contribution is 7.09. The first-order chi connectivity index (χ1) is 9.97. The molecule has 0 bridgehead atoms. The average molecular weight is 305 g/mol. The lowest BCUT2D eigenvalue weighted by atomic mass is 9.92. The second kappa shape index (κ2) is 6.02. The Bertz CT molecular complexity index is 656. The molecular formula is C14H15N3O3S. The number of rotatable bonds is 5. The third kappa shape index (κ3) is 3.09. The van der Waals surface area contributed by atoms with Crippen molar-refractivity contribution >= 4 is 23.2 Å². The number of amides is 1. The van der Waals surface area contributed by atoms with Crippen molar-refractivity contribution in [2.45, 2.75) is 19.0 Å². The summed E-state index contributed by atoms with van der Waals surface area (Å²) in [6.07, 6.45) is 0. The molecule has 1 atom stereocenters. The average Bonchev–Trinajstić information content (AvgIpc) is 2.97. The Kier molecular flexibility index (Phi) is 4.35. The molecule has 0 spiro atoms. The normalized spacial score (nSPS) is 13.4. The van der Waals surface area contributed by atoms with E-state index in [4.69, 9.17) is 5.73 Å². The number of hydrogen-bond acceptors (Lipinski definition) is 5. The molecule has 0 saturated heterocycles. The first kappa shape index (κ1) is 15.1. The molecule has 1 unspecified atom stereocenters. The second-order valence-electron chi connectivity index (χ2n) is 4.58. The van der Waals surface area contributed by atoms with Crippen LogP contribution in [0, 0.1) is 0 Å². The molecule has 21 heavy (non-hydrogen) atoms. The largest absolute Gasteiger partial charge is 0.479 e. The van der Waals surface area contributed by atoms with Crippen LogP contribution in [0.3, 0.4) is 0 Å². The number of carboxylic acids is 1. The summed E-state index contributed by atoms with van der Waals surface area (Å²) < 4.78 is 0. The van der Waals surface area contributed by atoms with Crippen LogP contribution in [-0.2, 0) is 16.9 Å². The van der Waals surface area contributed by atoms with Crippen LogP contribution in [0.1, 0.15) is 28.0 Å². The standard InChI is InChI=1S/C14H15N3O3S/c1-14(13(19)20,9-5-3-2-4-6-9)17-12(18)10-8-21-11(7-15)16-10/h2-6,8H,7,15H2,1H3,(H,17,18)(H,19,20). The number of thiazole rings is 1. The third-order valence-corrected chi connectivity index (χ3v) is 3.97. The van der Waals surface area contributed by atoms with E-state index in [0.717, 1.165) is 0 Å². The molecule has 0 aliphatic rings. The number of nitrogens with zero attached hydrogens (tertiary/aromatic N) is 1. The second-order valence-corrected chi connectivity index (χ2v) is 5.52. The molecule has 0 radical (unpaired) electrons. The van der Waals surface area contributed by atoms with Crippen molar-refractivity contribution in [1.29, 1.82) is 0 Å². The van der Waals surface area contributed by atoms with Gasteiger partial charge in [-0.05, 0) is 12.5 Å². The van der Waals surface area contributed by atoms with Gasteiger partial charge < -0.3 is 16.2 Å². The van der Waals surface area contributed by atoms with Crippen molar-refractivity contribution in [1.82, 2.24) is 10.3 Å². The van der Waals surface area contributed by atoms with Crippen LogP contribution in [0.5, 0.6) is 0 Å². The quantitative estimate of drug-likeness (QED) is 0.773. The van der Waals surface area contributed by atoms with Gasteiger partial charge in [0, 0.05) is 11.9 Å². The molecule has 1 aromatic heterocycles. The van der Waals surface area contributed by atoms with Crippen LogP contribution >= 0.6 is 11.3 Å². The van der Waals surface area contributed by atoms with E-state index in [9.17, 15) is 14.7 Å². The van der Waals surface area contributed by atoms with Crippen LogP contribution in [-0.4, -0.2) is 22.0 Å². The van der Waals surface area contributed by atoms with E-state index in [2.05, 4.69) is 10.3 Å². The van der Waals surface area contributed by atoms with E-state index < -0.39 is 17.4 Å². The van der Waals surface area contributed by atoms with Gasteiger partial charge in [0.05, 0.1) is 0 Å². The predicted octanol–water partition coefficient (Wildman–Crippen LogP) is 1.33. The smallest absolute Gasteiger partial charge is 0.333 e. The van der Waals surface area contributed by atoms with Gasteiger partial charge in [-0.15, -0.1) is 11.3 Å². The summed E-state index contributed by atoms with van der Waals surface area (Å²) in [5.41, 5.74) is 4.59. The number of benzene rings is 1. The van der Waals surface area contributed by atoms with Crippen molar-refractivity contribution in [2.75, 3.05) is 0 Å². The molecule has 0 aliphatic heterocycles. The summed E-state index contributed by atoms with van der Waals surface area (Å²) in [4.78, 5) is 27.8. The fraction of sp³-hybridized carbons (Fsp3) is 0.214. The van der Waals surface area contributed by atoms with Gasteiger partial charge in [-0.2, -0.15) is 0 Å². The highest BCUT2D eigenvalue weighted by Crippen LogP contribution is 2.22.